The van der Waals surface area contributed by atoms with Gasteiger partial charge in [-0.3, -0.25) is 4.68 Å². The zero-order valence-electron chi connectivity index (χ0n) is 12.0. The summed E-state index contributed by atoms with van der Waals surface area (Å²) in [6, 6.07) is -0.151. The van der Waals surface area contributed by atoms with Gasteiger partial charge in [0, 0.05) is 25.7 Å². The Kier molecular flexibility index (Phi) is 4.46. The quantitative estimate of drug-likeness (QED) is 0.830. The molecule has 0 saturated carbocycles. The van der Waals surface area contributed by atoms with Crippen LogP contribution in [0.1, 0.15) is 24.7 Å². The summed E-state index contributed by atoms with van der Waals surface area (Å²) in [6.07, 6.45) is -0.551. The second-order valence-corrected chi connectivity index (χ2v) is 6.81. The van der Waals surface area contributed by atoms with Crippen LogP contribution in [0.15, 0.2) is 4.90 Å². The van der Waals surface area contributed by atoms with Crippen LogP contribution in [0.2, 0.25) is 0 Å². The van der Waals surface area contributed by atoms with Crippen molar-refractivity contribution in [3.05, 3.63) is 11.4 Å². The summed E-state index contributed by atoms with van der Waals surface area (Å²) < 4.78 is 42.0. The van der Waals surface area contributed by atoms with Crippen molar-refractivity contribution >= 4 is 10.0 Å². The van der Waals surface area contributed by atoms with Crippen LogP contribution in [0.5, 0.6) is 0 Å². The molecular weight excluding hydrogens is 283 g/mol. The summed E-state index contributed by atoms with van der Waals surface area (Å²) in [5, 5.41) is 7.16. The summed E-state index contributed by atoms with van der Waals surface area (Å²) in [5.41, 5.74) is 1.11. The second kappa shape index (κ2) is 5.79. The van der Waals surface area contributed by atoms with Crippen molar-refractivity contribution in [1.82, 2.24) is 19.8 Å². The van der Waals surface area contributed by atoms with E-state index in [0.29, 0.717) is 24.4 Å². The summed E-state index contributed by atoms with van der Waals surface area (Å²) in [7, 11) is -3.61. The predicted octanol–water partition coefficient (Wildman–Crippen LogP) is 0.498. The molecule has 114 valence electrons. The number of hydrogen-bond acceptors (Lipinski definition) is 4. The van der Waals surface area contributed by atoms with Gasteiger partial charge >= 0.3 is 0 Å². The molecule has 6 nitrogen and oxygen atoms in total. The average molecular weight is 304 g/mol. The van der Waals surface area contributed by atoms with E-state index in [1.54, 1.807) is 18.5 Å². The summed E-state index contributed by atoms with van der Waals surface area (Å²) in [6.45, 7) is 6.43. The first-order chi connectivity index (χ1) is 9.35. The van der Waals surface area contributed by atoms with E-state index in [4.69, 9.17) is 0 Å². The second-order valence-electron chi connectivity index (χ2n) is 5.11. The van der Waals surface area contributed by atoms with Gasteiger partial charge in [-0.05, 0) is 27.2 Å². The van der Waals surface area contributed by atoms with Gasteiger partial charge in [0.25, 0.3) is 0 Å². The van der Waals surface area contributed by atoms with Gasteiger partial charge in [-0.1, -0.05) is 0 Å². The minimum atomic E-state index is -3.61. The Hall–Kier alpha value is -0.990. The maximum absolute atomic E-state index is 13.0. The monoisotopic (exact) mass is 304 g/mol. The fourth-order valence-corrected chi connectivity index (χ4v) is 4.07. The van der Waals surface area contributed by atoms with E-state index in [1.165, 1.54) is 0 Å². The van der Waals surface area contributed by atoms with Gasteiger partial charge in [0.05, 0.1) is 11.4 Å². The van der Waals surface area contributed by atoms with Gasteiger partial charge in [0.15, 0.2) is 0 Å². The Morgan fingerprint density at radius 1 is 1.50 bits per heavy atom. The predicted molar refractivity (Wildman–Crippen MR) is 73.9 cm³/mol. The molecule has 1 aliphatic heterocycles. The first kappa shape index (κ1) is 15.4. The zero-order valence-corrected chi connectivity index (χ0v) is 12.8. The average Bonchev–Trinajstić information content (AvgIpc) is 2.91. The maximum atomic E-state index is 13.0. The van der Waals surface area contributed by atoms with E-state index < -0.39 is 16.2 Å². The molecule has 0 amide bonds. The number of hydrogen-bond donors (Lipinski definition) is 2. The van der Waals surface area contributed by atoms with Crippen LogP contribution in [-0.2, 0) is 16.6 Å². The highest BCUT2D eigenvalue weighted by Crippen LogP contribution is 2.19. The summed E-state index contributed by atoms with van der Waals surface area (Å²) in [5.74, 6) is 0. The molecule has 8 heteroatoms. The number of rotatable bonds is 5. The van der Waals surface area contributed by atoms with Crippen molar-refractivity contribution < 1.29 is 12.8 Å². The van der Waals surface area contributed by atoms with Crippen LogP contribution in [0.25, 0.3) is 0 Å². The fourth-order valence-electron chi connectivity index (χ4n) is 2.59. The molecule has 2 rings (SSSR count). The van der Waals surface area contributed by atoms with Crippen LogP contribution >= 0.6 is 0 Å². The minimum absolute atomic E-state index is 0.151. The van der Waals surface area contributed by atoms with Gasteiger partial charge in [0.1, 0.15) is 11.1 Å². The van der Waals surface area contributed by atoms with E-state index in [9.17, 15) is 12.8 Å². The molecule has 0 unspecified atom stereocenters. The van der Waals surface area contributed by atoms with Crippen molar-refractivity contribution in [2.75, 3.05) is 13.1 Å². The van der Waals surface area contributed by atoms with Crippen LogP contribution in [0.3, 0.4) is 0 Å². The smallest absolute Gasteiger partial charge is 0.244 e. The Labute approximate surface area is 118 Å². The third kappa shape index (κ3) is 3.02. The van der Waals surface area contributed by atoms with Crippen molar-refractivity contribution in [3.63, 3.8) is 0 Å². The van der Waals surface area contributed by atoms with E-state index in [2.05, 4.69) is 15.1 Å². The third-order valence-corrected chi connectivity index (χ3v) is 5.25. The highest BCUT2D eigenvalue weighted by Gasteiger charge is 2.28. The first-order valence-electron chi connectivity index (χ1n) is 6.76. The molecule has 1 aliphatic rings. The number of aryl methyl sites for hydroxylation is 2. The Bertz CT molecular complexity index is 585. The number of nitrogens with one attached hydrogen (secondary N) is 2. The number of nitrogens with zero attached hydrogens (tertiary/aromatic N) is 2. The molecule has 0 aliphatic carbocycles. The van der Waals surface area contributed by atoms with Gasteiger partial charge in [0.2, 0.25) is 10.0 Å². The molecule has 1 fully saturated rings. The SMILES string of the molecule is CCn1nc(C)c(S(=O)(=O)NC[C@@H]2C[C@H](F)CN2)c1C. The third-order valence-electron chi connectivity index (χ3n) is 3.57. The van der Waals surface area contributed by atoms with E-state index in [0.717, 1.165) is 0 Å². The van der Waals surface area contributed by atoms with Gasteiger partial charge in [-0.2, -0.15) is 5.10 Å². The lowest BCUT2D eigenvalue weighted by molar-refractivity contribution is 0.355. The molecule has 2 heterocycles. The standard InChI is InChI=1S/C12H21FN4O2S/c1-4-17-9(3)12(8(2)16-17)20(18,19)15-7-11-5-10(13)6-14-11/h10-11,14-15H,4-7H2,1-3H3/t10-,11-/m0/s1. The summed E-state index contributed by atoms with van der Waals surface area (Å²) in [4.78, 5) is 0.231. The first-order valence-corrected chi connectivity index (χ1v) is 8.24. The lowest BCUT2D eigenvalue weighted by Crippen LogP contribution is -2.37. The van der Waals surface area contributed by atoms with Crippen LogP contribution in [-0.4, -0.2) is 43.5 Å². The molecule has 0 bridgehead atoms. The molecule has 2 N–H and O–H groups in total. The largest absolute Gasteiger partial charge is 0.310 e. The Balaban J connectivity index is 2.12. The Morgan fingerprint density at radius 3 is 2.70 bits per heavy atom. The van der Waals surface area contributed by atoms with Crippen molar-refractivity contribution in [2.24, 2.45) is 0 Å². The Morgan fingerprint density at radius 2 is 2.20 bits per heavy atom. The van der Waals surface area contributed by atoms with Gasteiger partial charge in [-0.15, -0.1) is 0 Å². The number of halogens is 1. The molecule has 0 spiro atoms. The fraction of sp³-hybridized carbons (Fsp3) is 0.750. The molecule has 0 radical (unpaired) electrons. The normalized spacial score (nSPS) is 23.4. The van der Waals surface area contributed by atoms with Crippen LogP contribution < -0.4 is 10.0 Å². The highest BCUT2D eigenvalue weighted by molar-refractivity contribution is 7.89. The molecule has 2 atom stereocenters. The van der Waals surface area contributed by atoms with E-state index in [-0.39, 0.29) is 24.0 Å². The topological polar surface area (TPSA) is 76.0 Å². The molecule has 1 aromatic rings. The molecular formula is C12H21FN4O2S. The molecule has 20 heavy (non-hydrogen) atoms. The number of alkyl halides is 1. The summed E-state index contributed by atoms with van der Waals surface area (Å²) >= 11 is 0. The van der Waals surface area contributed by atoms with Gasteiger partial charge in [-0.25, -0.2) is 17.5 Å². The van der Waals surface area contributed by atoms with E-state index in [1.807, 2.05) is 6.92 Å². The molecule has 0 aromatic carbocycles. The van der Waals surface area contributed by atoms with Crippen molar-refractivity contribution in [3.8, 4) is 0 Å². The number of aromatic nitrogens is 2. The van der Waals surface area contributed by atoms with Crippen LogP contribution in [0.4, 0.5) is 4.39 Å². The highest BCUT2D eigenvalue weighted by atomic mass is 32.2. The van der Waals surface area contributed by atoms with Crippen molar-refractivity contribution in [2.45, 2.75) is 50.8 Å². The number of sulfonamides is 1. The van der Waals surface area contributed by atoms with Crippen LogP contribution in [0, 0.1) is 13.8 Å². The zero-order chi connectivity index (χ0) is 14.9. The van der Waals surface area contributed by atoms with Crippen molar-refractivity contribution in [1.29, 1.82) is 0 Å². The maximum Gasteiger partial charge on any atom is 0.244 e. The minimum Gasteiger partial charge on any atom is -0.310 e. The molecule has 1 saturated heterocycles. The lowest BCUT2D eigenvalue weighted by Gasteiger charge is -2.12. The van der Waals surface area contributed by atoms with Gasteiger partial charge < -0.3 is 5.32 Å². The molecule has 1 aromatic heterocycles. The lowest BCUT2D eigenvalue weighted by atomic mass is 10.2. The van der Waals surface area contributed by atoms with E-state index >= 15 is 0 Å².